The van der Waals surface area contributed by atoms with E-state index in [2.05, 4.69) is 0 Å². The zero-order valence-corrected chi connectivity index (χ0v) is 18.1. The monoisotopic (exact) mass is 444 g/mol. The molecule has 0 saturated heterocycles. The minimum atomic E-state index is -0.264. The predicted octanol–water partition coefficient (Wildman–Crippen LogP) is 6.36. The third-order valence-electron chi connectivity index (χ3n) is 5.27. The highest BCUT2D eigenvalue weighted by Crippen LogP contribution is 2.44. The van der Waals surface area contributed by atoms with Crippen molar-refractivity contribution < 1.29 is 5.11 Å². The summed E-state index contributed by atoms with van der Waals surface area (Å²) < 4.78 is 1.57. The number of para-hydroxylation sites is 1. The van der Waals surface area contributed by atoms with Gasteiger partial charge in [0.15, 0.2) is 0 Å². The molecule has 0 spiro atoms. The number of thiazole rings is 1. The minimum absolute atomic E-state index is 0.0258. The molecule has 0 aliphatic carbocycles. The molecule has 5 aromatic rings. The molecule has 3 aromatic carbocycles. The molecule has 0 bridgehead atoms. The van der Waals surface area contributed by atoms with Gasteiger partial charge in [0.05, 0.1) is 16.1 Å². The van der Waals surface area contributed by atoms with Crippen molar-refractivity contribution in [3.63, 3.8) is 0 Å². The van der Waals surface area contributed by atoms with Gasteiger partial charge >= 0.3 is 0 Å². The topological polar surface area (TPSA) is 55.1 Å². The first-order chi connectivity index (χ1) is 15.0. The van der Waals surface area contributed by atoms with Gasteiger partial charge in [-0.1, -0.05) is 66.2 Å². The van der Waals surface area contributed by atoms with E-state index in [1.807, 2.05) is 78.9 Å². The number of aromatic hydroxyl groups is 1. The van der Waals surface area contributed by atoms with E-state index in [1.165, 1.54) is 11.3 Å². The summed E-state index contributed by atoms with van der Waals surface area (Å²) >= 11 is 7.43. The molecular weight excluding hydrogens is 428 g/mol. The van der Waals surface area contributed by atoms with Crippen LogP contribution in [-0.2, 0) is 7.05 Å². The molecule has 0 aliphatic rings. The molecule has 0 atom stereocenters. The fourth-order valence-electron chi connectivity index (χ4n) is 3.68. The maximum absolute atomic E-state index is 13.3. The van der Waals surface area contributed by atoms with Crippen LogP contribution in [0.3, 0.4) is 0 Å². The number of fused-ring (bicyclic) bond motifs is 1. The molecule has 0 fully saturated rings. The first-order valence-corrected chi connectivity index (χ1v) is 10.9. The number of benzene rings is 3. The van der Waals surface area contributed by atoms with E-state index >= 15 is 0 Å². The van der Waals surface area contributed by atoms with Gasteiger partial charge in [-0.2, -0.15) is 0 Å². The zero-order chi connectivity index (χ0) is 21.5. The first-order valence-electron chi connectivity index (χ1n) is 9.68. The predicted molar refractivity (Wildman–Crippen MR) is 128 cm³/mol. The summed E-state index contributed by atoms with van der Waals surface area (Å²) in [4.78, 5) is 18.8. The van der Waals surface area contributed by atoms with Crippen LogP contribution in [0.1, 0.15) is 0 Å². The van der Waals surface area contributed by atoms with Crippen molar-refractivity contribution in [1.29, 1.82) is 0 Å². The average molecular weight is 445 g/mol. The van der Waals surface area contributed by atoms with Gasteiger partial charge in [0.2, 0.25) is 0 Å². The average Bonchev–Trinajstić information content (AvgIpc) is 3.24. The van der Waals surface area contributed by atoms with Crippen LogP contribution in [0.5, 0.6) is 5.75 Å². The van der Waals surface area contributed by atoms with Crippen molar-refractivity contribution in [3.8, 4) is 38.0 Å². The standard InChI is InChI=1S/C25H17ClN2O2S/c1-28-19-10-6-5-9-18(19)22(29)20(25(28)30)23-21(15-7-3-2-4-8-15)27-24(31-23)16-11-13-17(26)14-12-16/h2-14,29H,1H3. The van der Waals surface area contributed by atoms with E-state index in [4.69, 9.17) is 16.6 Å². The largest absolute Gasteiger partial charge is 0.506 e. The minimum Gasteiger partial charge on any atom is -0.506 e. The Hall–Kier alpha value is -3.41. The third kappa shape index (κ3) is 3.32. The highest BCUT2D eigenvalue weighted by atomic mass is 35.5. The molecule has 0 radical (unpaired) electrons. The summed E-state index contributed by atoms with van der Waals surface area (Å²) in [5.41, 5.74) is 3.12. The zero-order valence-electron chi connectivity index (χ0n) is 16.5. The molecule has 6 heteroatoms. The molecule has 5 rings (SSSR count). The maximum atomic E-state index is 13.3. The van der Waals surface area contributed by atoms with Gasteiger partial charge < -0.3 is 9.67 Å². The number of nitrogens with zero attached hydrogens (tertiary/aromatic N) is 2. The Kier molecular flexibility index (Phi) is 4.85. The Morgan fingerprint density at radius 3 is 2.32 bits per heavy atom. The van der Waals surface area contributed by atoms with Crippen LogP contribution in [0.25, 0.3) is 43.2 Å². The van der Waals surface area contributed by atoms with Crippen LogP contribution in [-0.4, -0.2) is 14.7 Å². The van der Waals surface area contributed by atoms with Crippen molar-refractivity contribution in [2.45, 2.75) is 0 Å². The van der Waals surface area contributed by atoms with Crippen molar-refractivity contribution >= 4 is 33.8 Å². The van der Waals surface area contributed by atoms with E-state index in [0.717, 1.165) is 16.1 Å². The second-order valence-corrected chi connectivity index (χ2v) is 8.61. The summed E-state index contributed by atoms with van der Waals surface area (Å²) in [5, 5.41) is 13.2. The highest BCUT2D eigenvalue weighted by molar-refractivity contribution is 7.19. The van der Waals surface area contributed by atoms with Crippen LogP contribution in [0.4, 0.5) is 0 Å². The van der Waals surface area contributed by atoms with Gasteiger partial charge in [0.1, 0.15) is 16.3 Å². The normalized spacial score (nSPS) is 11.2. The Balaban J connectivity index is 1.84. The SMILES string of the molecule is Cn1c(=O)c(-c2sc(-c3ccc(Cl)cc3)nc2-c2ccccc2)c(O)c2ccccc21. The smallest absolute Gasteiger partial charge is 0.263 e. The lowest BCUT2D eigenvalue weighted by Crippen LogP contribution is -2.19. The fraction of sp³-hybridized carbons (Fsp3) is 0.0400. The Labute approximate surface area is 187 Å². The van der Waals surface area contributed by atoms with Crippen molar-refractivity contribution in [2.75, 3.05) is 0 Å². The summed E-state index contributed by atoms with van der Waals surface area (Å²) in [6, 6.07) is 24.5. The van der Waals surface area contributed by atoms with Gasteiger partial charge in [-0.15, -0.1) is 11.3 Å². The van der Waals surface area contributed by atoms with Gasteiger partial charge in [-0.3, -0.25) is 4.79 Å². The van der Waals surface area contributed by atoms with Crippen LogP contribution < -0.4 is 5.56 Å². The second kappa shape index (κ2) is 7.69. The Bertz CT molecular complexity index is 1470. The summed E-state index contributed by atoms with van der Waals surface area (Å²) in [6.45, 7) is 0. The molecule has 0 unspecified atom stereocenters. The number of halogens is 1. The molecule has 152 valence electrons. The van der Waals surface area contributed by atoms with Crippen molar-refractivity contribution in [3.05, 3.63) is 94.2 Å². The maximum Gasteiger partial charge on any atom is 0.263 e. The van der Waals surface area contributed by atoms with E-state index in [9.17, 15) is 9.90 Å². The number of pyridine rings is 1. The van der Waals surface area contributed by atoms with Gasteiger partial charge in [0, 0.05) is 28.6 Å². The lowest BCUT2D eigenvalue weighted by atomic mass is 10.0. The second-order valence-electron chi connectivity index (χ2n) is 7.17. The van der Waals surface area contributed by atoms with Crippen molar-refractivity contribution in [2.24, 2.45) is 7.05 Å². The van der Waals surface area contributed by atoms with E-state index in [1.54, 1.807) is 11.6 Å². The number of hydrogen-bond donors (Lipinski definition) is 1. The molecule has 31 heavy (non-hydrogen) atoms. The van der Waals surface area contributed by atoms with Crippen LogP contribution in [0.2, 0.25) is 5.02 Å². The number of aromatic nitrogens is 2. The number of hydrogen-bond acceptors (Lipinski definition) is 4. The van der Waals surface area contributed by atoms with Gasteiger partial charge in [-0.25, -0.2) is 4.98 Å². The fourth-order valence-corrected chi connectivity index (χ4v) is 4.94. The molecular formula is C25H17ClN2O2S. The highest BCUT2D eigenvalue weighted by Gasteiger charge is 2.23. The lowest BCUT2D eigenvalue weighted by molar-refractivity contribution is 0.482. The lowest BCUT2D eigenvalue weighted by Gasteiger charge is -2.11. The third-order valence-corrected chi connectivity index (χ3v) is 6.64. The van der Waals surface area contributed by atoms with E-state index < -0.39 is 0 Å². The van der Waals surface area contributed by atoms with Gasteiger partial charge in [-0.05, 0) is 24.3 Å². The van der Waals surface area contributed by atoms with E-state index in [0.29, 0.717) is 26.5 Å². The summed E-state index contributed by atoms with van der Waals surface area (Å²) in [7, 11) is 1.72. The Morgan fingerprint density at radius 2 is 1.58 bits per heavy atom. The molecule has 0 saturated carbocycles. The molecule has 0 amide bonds. The Morgan fingerprint density at radius 1 is 0.903 bits per heavy atom. The number of aryl methyl sites for hydroxylation is 1. The quantitative estimate of drug-likeness (QED) is 0.352. The molecule has 1 N–H and O–H groups in total. The molecule has 2 heterocycles. The number of rotatable bonds is 3. The van der Waals surface area contributed by atoms with Crippen molar-refractivity contribution in [1.82, 2.24) is 9.55 Å². The van der Waals surface area contributed by atoms with E-state index in [-0.39, 0.29) is 16.9 Å². The summed E-state index contributed by atoms with van der Waals surface area (Å²) in [6.07, 6.45) is 0. The van der Waals surface area contributed by atoms with Crippen LogP contribution >= 0.6 is 22.9 Å². The molecule has 4 nitrogen and oxygen atoms in total. The van der Waals surface area contributed by atoms with Crippen LogP contribution in [0, 0.1) is 0 Å². The summed E-state index contributed by atoms with van der Waals surface area (Å²) in [5.74, 6) is -0.0258. The van der Waals surface area contributed by atoms with Gasteiger partial charge in [0.25, 0.3) is 5.56 Å². The molecule has 2 aromatic heterocycles. The van der Waals surface area contributed by atoms with Crippen LogP contribution in [0.15, 0.2) is 83.7 Å². The molecule has 0 aliphatic heterocycles. The first kappa shape index (κ1) is 19.5.